The summed E-state index contributed by atoms with van der Waals surface area (Å²) in [6.45, 7) is 5.41. The van der Waals surface area contributed by atoms with Gasteiger partial charge in [0.1, 0.15) is 5.82 Å². The van der Waals surface area contributed by atoms with Gasteiger partial charge in [-0.1, -0.05) is 12.1 Å². The molecule has 0 aliphatic heterocycles. The number of aliphatic hydroxyl groups excluding tert-OH is 1. The van der Waals surface area contributed by atoms with Gasteiger partial charge in [0.2, 0.25) is 0 Å². The van der Waals surface area contributed by atoms with Crippen molar-refractivity contribution < 1.29 is 5.11 Å². The van der Waals surface area contributed by atoms with E-state index in [0.717, 1.165) is 23.6 Å². The minimum atomic E-state index is 0.0949. The number of nitrogens with zero attached hydrogens (tertiary/aromatic N) is 2. The van der Waals surface area contributed by atoms with Gasteiger partial charge < -0.3 is 10.4 Å². The lowest BCUT2D eigenvalue weighted by Crippen LogP contribution is -2.10. The summed E-state index contributed by atoms with van der Waals surface area (Å²) >= 11 is 1.74. The van der Waals surface area contributed by atoms with Gasteiger partial charge in [0.05, 0.1) is 18.8 Å². The molecule has 0 radical (unpaired) electrons. The molecule has 0 spiro atoms. The summed E-state index contributed by atoms with van der Waals surface area (Å²) in [5.74, 6) is 0.991. The molecule has 2 rings (SSSR count). The minimum absolute atomic E-state index is 0.0949. The van der Waals surface area contributed by atoms with Crippen LogP contribution in [0.3, 0.4) is 0 Å². The van der Waals surface area contributed by atoms with E-state index in [1.54, 1.807) is 11.8 Å². The molecule has 1 aromatic heterocycles. The lowest BCUT2D eigenvalue weighted by atomic mass is 10.2. The second kappa shape index (κ2) is 6.81. The van der Waals surface area contributed by atoms with E-state index in [1.165, 1.54) is 10.5 Å². The van der Waals surface area contributed by atoms with Crippen LogP contribution in [-0.2, 0) is 13.1 Å². The first-order valence-electron chi connectivity index (χ1n) is 6.67. The van der Waals surface area contributed by atoms with E-state index in [1.807, 2.05) is 11.6 Å². The third kappa shape index (κ3) is 3.35. The van der Waals surface area contributed by atoms with Crippen LogP contribution >= 0.6 is 11.8 Å². The highest BCUT2D eigenvalue weighted by molar-refractivity contribution is 7.98. The molecule has 0 atom stereocenters. The largest absolute Gasteiger partial charge is 0.394 e. The number of aromatic nitrogens is 2. The Bertz CT molecular complexity index is 563. The van der Waals surface area contributed by atoms with E-state index in [0.29, 0.717) is 6.54 Å². The average Bonchev–Trinajstić information content (AvgIpc) is 2.73. The van der Waals surface area contributed by atoms with Gasteiger partial charge in [-0.25, -0.2) is 4.68 Å². The zero-order valence-corrected chi connectivity index (χ0v) is 13.0. The zero-order valence-electron chi connectivity index (χ0n) is 12.2. The number of benzene rings is 1. The fraction of sp³-hybridized carbons (Fsp3) is 0.400. The molecule has 0 fully saturated rings. The van der Waals surface area contributed by atoms with E-state index in [-0.39, 0.29) is 6.61 Å². The molecule has 0 saturated heterocycles. The Kier molecular flexibility index (Phi) is 5.09. The second-order valence-electron chi connectivity index (χ2n) is 4.71. The molecule has 2 aromatic rings. The van der Waals surface area contributed by atoms with Crippen LogP contribution in [0, 0.1) is 13.8 Å². The lowest BCUT2D eigenvalue weighted by Gasteiger charge is -2.10. The quantitative estimate of drug-likeness (QED) is 0.804. The Balaban J connectivity index is 2.09. The predicted molar refractivity (Wildman–Crippen MR) is 84.3 cm³/mol. The number of nitrogens with one attached hydrogen (secondary N) is 1. The first kappa shape index (κ1) is 14.9. The van der Waals surface area contributed by atoms with Crippen molar-refractivity contribution in [1.29, 1.82) is 0 Å². The Morgan fingerprint density at radius 3 is 2.55 bits per heavy atom. The van der Waals surface area contributed by atoms with Crippen molar-refractivity contribution >= 4 is 17.6 Å². The molecule has 20 heavy (non-hydrogen) atoms. The fourth-order valence-electron chi connectivity index (χ4n) is 2.08. The number of aryl methyl sites for hydroxylation is 1. The molecule has 0 saturated carbocycles. The van der Waals surface area contributed by atoms with E-state index in [4.69, 9.17) is 5.11 Å². The second-order valence-corrected chi connectivity index (χ2v) is 5.59. The third-order valence-electron chi connectivity index (χ3n) is 3.36. The van der Waals surface area contributed by atoms with Gasteiger partial charge in [0.15, 0.2) is 0 Å². The van der Waals surface area contributed by atoms with Crippen LogP contribution in [-0.4, -0.2) is 27.7 Å². The third-order valence-corrected chi connectivity index (χ3v) is 4.10. The summed E-state index contributed by atoms with van der Waals surface area (Å²) in [5.41, 5.74) is 3.37. The standard InChI is InChI=1S/C15H21N3OS/c1-11-12(2)17-18(8-9-19)15(11)16-10-13-4-6-14(20-3)7-5-13/h4-7,16,19H,8-10H2,1-3H3. The summed E-state index contributed by atoms with van der Waals surface area (Å²) in [7, 11) is 0. The summed E-state index contributed by atoms with van der Waals surface area (Å²) in [6, 6.07) is 8.52. The van der Waals surface area contributed by atoms with E-state index < -0.39 is 0 Å². The molecule has 4 nitrogen and oxygen atoms in total. The topological polar surface area (TPSA) is 50.1 Å². The molecular weight excluding hydrogens is 270 g/mol. The summed E-state index contributed by atoms with van der Waals surface area (Å²) in [4.78, 5) is 1.27. The van der Waals surface area contributed by atoms with Crippen LogP contribution in [0.1, 0.15) is 16.8 Å². The van der Waals surface area contributed by atoms with Crippen molar-refractivity contribution in [2.75, 3.05) is 18.2 Å². The Hall–Kier alpha value is -1.46. The molecule has 1 aromatic carbocycles. The highest BCUT2D eigenvalue weighted by Crippen LogP contribution is 2.20. The van der Waals surface area contributed by atoms with Gasteiger partial charge in [0, 0.05) is 17.0 Å². The lowest BCUT2D eigenvalue weighted by molar-refractivity contribution is 0.270. The van der Waals surface area contributed by atoms with Gasteiger partial charge in [-0.2, -0.15) is 5.10 Å². The van der Waals surface area contributed by atoms with Crippen molar-refractivity contribution in [3.8, 4) is 0 Å². The van der Waals surface area contributed by atoms with Gasteiger partial charge in [-0.15, -0.1) is 11.8 Å². The van der Waals surface area contributed by atoms with E-state index in [2.05, 4.69) is 47.9 Å². The molecule has 2 N–H and O–H groups in total. The van der Waals surface area contributed by atoms with Crippen LogP contribution in [0.4, 0.5) is 5.82 Å². The van der Waals surface area contributed by atoms with Crippen molar-refractivity contribution in [1.82, 2.24) is 9.78 Å². The summed E-state index contributed by atoms with van der Waals surface area (Å²) in [5, 5.41) is 17.0. The monoisotopic (exact) mass is 291 g/mol. The van der Waals surface area contributed by atoms with Gasteiger partial charge in [-0.3, -0.25) is 0 Å². The average molecular weight is 291 g/mol. The molecule has 0 amide bonds. The van der Waals surface area contributed by atoms with E-state index >= 15 is 0 Å². The Labute approximate surface area is 124 Å². The molecule has 0 bridgehead atoms. The summed E-state index contributed by atoms with van der Waals surface area (Å²) < 4.78 is 1.83. The highest BCUT2D eigenvalue weighted by Gasteiger charge is 2.10. The number of aliphatic hydroxyl groups is 1. The first-order valence-corrected chi connectivity index (χ1v) is 7.90. The predicted octanol–water partition coefficient (Wildman–Crippen LogP) is 2.83. The zero-order chi connectivity index (χ0) is 14.5. The van der Waals surface area contributed by atoms with Crippen LogP contribution < -0.4 is 5.32 Å². The van der Waals surface area contributed by atoms with Crippen molar-refractivity contribution in [3.63, 3.8) is 0 Å². The van der Waals surface area contributed by atoms with Crippen LogP contribution in [0.2, 0.25) is 0 Å². The molecule has 0 unspecified atom stereocenters. The van der Waals surface area contributed by atoms with Crippen molar-refractivity contribution in [2.24, 2.45) is 0 Å². The number of rotatable bonds is 6. The normalized spacial score (nSPS) is 10.8. The summed E-state index contributed by atoms with van der Waals surface area (Å²) in [6.07, 6.45) is 2.08. The van der Waals surface area contributed by atoms with Crippen molar-refractivity contribution in [3.05, 3.63) is 41.1 Å². The Morgan fingerprint density at radius 2 is 1.95 bits per heavy atom. The number of hydrogen-bond donors (Lipinski definition) is 2. The van der Waals surface area contributed by atoms with Gasteiger partial charge >= 0.3 is 0 Å². The maximum absolute atomic E-state index is 9.10. The molecule has 5 heteroatoms. The molecule has 0 aliphatic rings. The van der Waals surface area contributed by atoms with Crippen molar-refractivity contribution in [2.45, 2.75) is 31.8 Å². The molecular formula is C15H21N3OS. The molecule has 0 aliphatic carbocycles. The molecule has 108 valence electrons. The Morgan fingerprint density at radius 1 is 1.25 bits per heavy atom. The van der Waals surface area contributed by atoms with Crippen LogP contribution in [0.25, 0.3) is 0 Å². The maximum atomic E-state index is 9.10. The highest BCUT2D eigenvalue weighted by atomic mass is 32.2. The maximum Gasteiger partial charge on any atom is 0.127 e. The number of thioether (sulfide) groups is 1. The minimum Gasteiger partial charge on any atom is -0.394 e. The van der Waals surface area contributed by atoms with Gasteiger partial charge in [-0.05, 0) is 37.8 Å². The van der Waals surface area contributed by atoms with Gasteiger partial charge in [0.25, 0.3) is 0 Å². The van der Waals surface area contributed by atoms with Crippen LogP contribution in [0.15, 0.2) is 29.2 Å². The SMILES string of the molecule is CSc1ccc(CNc2c(C)c(C)nn2CCO)cc1. The van der Waals surface area contributed by atoms with Crippen LogP contribution in [0.5, 0.6) is 0 Å². The first-order chi connectivity index (χ1) is 9.65. The van der Waals surface area contributed by atoms with E-state index in [9.17, 15) is 0 Å². The fourth-order valence-corrected chi connectivity index (χ4v) is 2.49. The smallest absolute Gasteiger partial charge is 0.127 e. The number of anilines is 1. The number of hydrogen-bond acceptors (Lipinski definition) is 4. The molecule has 1 heterocycles.